The van der Waals surface area contributed by atoms with Crippen molar-refractivity contribution < 1.29 is 0 Å². The fraction of sp³-hybridized carbons (Fsp3) is 0. The van der Waals surface area contributed by atoms with E-state index in [9.17, 15) is 4.79 Å². The summed E-state index contributed by atoms with van der Waals surface area (Å²) in [5.74, 6) is 0.503. The molecule has 0 aliphatic heterocycles. The first kappa shape index (κ1) is 6.71. The third kappa shape index (κ3) is 0.986. The Kier molecular flexibility index (Phi) is 1.44. The van der Waals surface area contributed by atoms with Gasteiger partial charge < -0.3 is 0 Å². The minimum absolute atomic E-state index is 0.311. The normalized spacial score (nSPS) is 10.0. The SMILES string of the molecule is O=c1[nH]ncn1-c1ccncn1. The Hall–Kier alpha value is -1.98. The molecule has 2 rings (SSSR count). The van der Waals surface area contributed by atoms with Crippen LogP contribution in [0, 0.1) is 0 Å². The second-order valence-electron chi connectivity index (χ2n) is 2.10. The highest BCUT2D eigenvalue weighted by molar-refractivity contribution is 5.16. The van der Waals surface area contributed by atoms with Gasteiger partial charge in [-0.15, -0.1) is 0 Å². The molecule has 12 heavy (non-hydrogen) atoms. The average molecular weight is 163 g/mol. The van der Waals surface area contributed by atoms with Gasteiger partial charge in [0.05, 0.1) is 0 Å². The van der Waals surface area contributed by atoms with Crippen molar-refractivity contribution in [2.45, 2.75) is 0 Å². The third-order valence-electron chi connectivity index (χ3n) is 1.37. The maximum Gasteiger partial charge on any atom is 0.348 e. The lowest BCUT2D eigenvalue weighted by molar-refractivity contribution is 0.926. The quantitative estimate of drug-likeness (QED) is 0.606. The molecule has 2 aromatic heterocycles. The molecule has 1 N–H and O–H groups in total. The first-order valence-corrected chi connectivity index (χ1v) is 3.26. The zero-order chi connectivity index (χ0) is 8.39. The van der Waals surface area contributed by atoms with Crippen LogP contribution in [0.2, 0.25) is 0 Å². The molecule has 0 atom stereocenters. The van der Waals surface area contributed by atoms with E-state index in [1.807, 2.05) is 0 Å². The van der Waals surface area contributed by atoms with Crippen molar-refractivity contribution in [2.24, 2.45) is 0 Å². The molecule has 6 heteroatoms. The van der Waals surface area contributed by atoms with Crippen LogP contribution in [0.5, 0.6) is 0 Å². The number of hydrogen-bond donors (Lipinski definition) is 1. The fourth-order valence-electron chi connectivity index (χ4n) is 0.838. The monoisotopic (exact) mass is 163 g/mol. The van der Waals surface area contributed by atoms with Gasteiger partial charge in [0.1, 0.15) is 18.5 Å². The number of aromatic amines is 1. The number of hydrogen-bond acceptors (Lipinski definition) is 4. The lowest BCUT2D eigenvalue weighted by Crippen LogP contribution is -2.15. The van der Waals surface area contributed by atoms with E-state index >= 15 is 0 Å². The molecule has 0 saturated carbocycles. The van der Waals surface area contributed by atoms with Gasteiger partial charge in [-0.25, -0.2) is 24.4 Å². The Morgan fingerprint density at radius 3 is 3.00 bits per heavy atom. The van der Waals surface area contributed by atoms with Gasteiger partial charge in [0, 0.05) is 6.20 Å². The van der Waals surface area contributed by atoms with Gasteiger partial charge in [-0.2, -0.15) is 5.10 Å². The minimum atomic E-state index is -0.311. The van der Waals surface area contributed by atoms with Crippen molar-refractivity contribution in [1.29, 1.82) is 0 Å². The standard InChI is InChI=1S/C6H5N5O/c12-6-10-9-4-11(6)5-1-2-7-3-8-5/h1-4H,(H,10,12). The summed E-state index contributed by atoms with van der Waals surface area (Å²) in [6, 6.07) is 1.62. The van der Waals surface area contributed by atoms with Gasteiger partial charge in [0.25, 0.3) is 0 Å². The van der Waals surface area contributed by atoms with Gasteiger partial charge in [0.2, 0.25) is 0 Å². The Bertz CT molecular complexity index is 417. The van der Waals surface area contributed by atoms with Crippen LogP contribution < -0.4 is 5.69 Å². The molecule has 0 aliphatic rings. The molecule has 0 radical (unpaired) electrons. The highest BCUT2D eigenvalue weighted by atomic mass is 16.1. The topological polar surface area (TPSA) is 76.5 Å². The zero-order valence-electron chi connectivity index (χ0n) is 6.01. The van der Waals surface area contributed by atoms with Gasteiger partial charge in [0.15, 0.2) is 0 Å². The number of rotatable bonds is 1. The molecule has 6 nitrogen and oxygen atoms in total. The predicted molar refractivity (Wildman–Crippen MR) is 39.8 cm³/mol. The van der Waals surface area contributed by atoms with Crippen molar-refractivity contribution in [3.63, 3.8) is 0 Å². The third-order valence-corrected chi connectivity index (χ3v) is 1.37. The van der Waals surface area contributed by atoms with Gasteiger partial charge in [-0.05, 0) is 6.07 Å². The Morgan fingerprint density at radius 2 is 2.42 bits per heavy atom. The summed E-state index contributed by atoms with van der Waals surface area (Å²) in [6.07, 6.45) is 4.29. The minimum Gasteiger partial charge on any atom is -0.246 e. The maximum absolute atomic E-state index is 11.0. The lowest BCUT2D eigenvalue weighted by Gasteiger charge is -1.94. The summed E-state index contributed by atoms with van der Waals surface area (Å²) >= 11 is 0. The Balaban J connectivity index is 2.59. The van der Waals surface area contributed by atoms with Crippen molar-refractivity contribution in [1.82, 2.24) is 24.7 Å². The van der Waals surface area contributed by atoms with Crippen LogP contribution in [0.1, 0.15) is 0 Å². The lowest BCUT2D eigenvalue weighted by atomic mass is 10.6. The van der Waals surface area contributed by atoms with Crippen molar-refractivity contribution in [2.75, 3.05) is 0 Å². The second-order valence-corrected chi connectivity index (χ2v) is 2.10. The number of nitrogens with zero attached hydrogens (tertiary/aromatic N) is 4. The number of nitrogens with one attached hydrogen (secondary N) is 1. The van der Waals surface area contributed by atoms with Crippen molar-refractivity contribution >= 4 is 0 Å². The van der Waals surface area contributed by atoms with E-state index in [-0.39, 0.29) is 5.69 Å². The maximum atomic E-state index is 11.0. The Labute approximate surface area is 66.9 Å². The van der Waals surface area contributed by atoms with Gasteiger partial charge >= 0.3 is 5.69 Å². The van der Waals surface area contributed by atoms with E-state index in [1.165, 1.54) is 17.2 Å². The number of H-pyrrole nitrogens is 1. The van der Waals surface area contributed by atoms with E-state index < -0.39 is 0 Å². The van der Waals surface area contributed by atoms with Crippen LogP contribution in [-0.2, 0) is 0 Å². The summed E-state index contributed by atoms with van der Waals surface area (Å²) in [5.41, 5.74) is -0.311. The molecule has 0 bridgehead atoms. The van der Waals surface area contributed by atoms with Crippen molar-refractivity contribution in [3.8, 4) is 5.82 Å². The van der Waals surface area contributed by atoms with Crippen LogP contribution >= 0.6 is 0 Å². The molecule has 60 valence electrons. The molecule has 0 fully saturated rings. The molecular weight excluding hydrogens is 158 g/mol. The smallest absolute Gasteiger partial charge is 0.246 e. The molecule has 0 spiro atoms. The highest BCUT2D eigenvalue weighted by Gasteiger charge is 1.99. The molecular formula is C6H5N5O. The first-order chi connectivity index (χ1) is 5.88. The second kappa shape index (κ2) is 2.57. The van der Waals surface area contributed by atoms with Crippen LogP contribution in [0.25, 0.3) is 5.82 Å². The van der Waals surface area contributed by atoms with Gasteiger partial charge in [-0.1, -0.05) is 0 Å². The molecule has 0 saturated heterocycles. The molecule has 0 amide bonds. The largest absolute Gasteiger partial charge is 0.348 e. The molecule has 0 unspecified atom stereocenters. The summed E-state index contributed by atoms with van der Waals surface area (Å²) in [6.45, 7) is 0. The molecule has 2 heterocycles. The van der Waals surface area contributed by atoms with Crippen LogP contribution in [0.4, 0.5) is 0 Å². The first-order valence-electron chi connectivity index (χ1n) is 3.26. The fourth-order valence-corrected chi connectivity index (χ4v) is 0.838. The van der Waals surface area contributed by atoms with Gasteiger partial charge in [-0.3, -0.25) is 0 Å². The van der Waals surface area contributed by atoms with Crippen LogP contribution in [-0.4, -0.2) is 24.7 Å². The zero-order valence-corrected chi connectivity index (χ0v) is 6.01. The van der Waals surface area contributed by atoms with Crippen LogP contribution in [0.3, 0.4) is 0 Å². The van der Waals surface area contributed by atoms with E-state index in [1.54, 1.807) is 12.3 Å². The summed E-state index contributed by atoms with van der Waals surface area (Å²) in [7, 11) is 0. The highest BCUT2D eigenvalue weighted by Crippen LogP contribution is 1.93. The molecule has 0 aliphatic carbocycles. The van der Waals surface area contributed by atoms with E-state index in [0.29, 0.717) is 5.82 Å². The van der Waals surface area contributed by atoms with Crippen molar-refractivity contribution in [3.05, 3.63) is 35.4 Å². The summed E-state index contributed by atoms with van der Waals surface area (Å²) in [5, 5.41) is 5.83. The summed E-state index contributed by atoms with van der Waals surface area (Å²) in [4.78, 5) is 18.6. The Morgan fingerprint density at radius 1 is 1.50 bits per heavy atom. The molecule has 0 aromatic carbocycles. The van der Waals surface area contributed by atoms with E-state index in [2.05, 4.69) is 20.2 Å². The number of aromatic nitrogens is 5. The predicted octanol–water partition coefficient (Wildman–Crippen LogP) is -0.649. The molecule has 2 aromatic rings. The van der Waals surface area contributed by atoms with E-state index in [4.69, 9.17) is 0 Å². The average Bonchev–Trinajstić information content (AvgIpc) is 2.53. The van der Waals surface area contributed by atoms with E-state index in [0.717, 1.165) is 0 Å². The summed E-state index contributed by atoms with van der Waals surface area (Å²) < 4.78 is 1.29. The van der Waals surface area contributed by atoms with Crippen LogP contribution in [0.15, 0.2) is 29.7 Å².